The lowest BCUT2D eigenvalue weighted by Gasteiger charge is -2.22. The molecule has 1 aliphatic rings. The summed E-state index contributed by atoms with van der Waals surface area (Å²) in [5.41, 5.74) is 1.84. The summed E-state index contributed by atoms with van der Waals surface area (Å²) in [5, 5.41) is 0. The van der Waals surface area contributed by atoms with Crippen LogP contribution in [-0.2, 0) is 6.54 Å². The van der Waals surface area contributed by atoms with Crippen LogP contribution in [0.4, 0.5) is 0 Å². The SMILES string of the molecule is O=C(c1cn(Cc2ccccc2)cn1)C1CCC1. The molecular weight excluding hydrogens is 224 g/mol. The largest absolute Gasteiger partial charge is 0.332 e. The fraction of sp³-hybridized carbons (Fsp3) is 0.333. The van der Waals surface area contributed by atoms with Gasteiger partial charge >= 0.3 is 0 Å². The van der Waals surface area contributed by atoms with Crippen LogP contribution in [-0.4, -0.2) is 15.3 Å². The van der Waals surface area contributed by atoms with E-state index in [2.05, 4.69) is 17.1 Å². The first-order valence-corrected chi connectivity index (χ1v) is 6.43. The fourth-order valence-corrected chi connectivity index (χ4v) is 2.25. The van der Waals surface area contributed by atoms with E-state index in [1.165, 1.54) is 12.0 Å². The first-order valence-electron chi connectivity index (χ1n) is 6.43. The molecule has 0 radical (unpaired) electrons. The third-order valence-electron chi connectivity index (χ3n) is 3.57. The summed E-state index contributed by atoms with van der Waals surface area (Å²) in [6, 6.07) is 10.2. The zero-order valence-corrected chi connectivity index (χ0v) is 10.2. The summed E-state index contributed by atoms with van der Waals surface area (Å²) in [6.45, 7) is 0.770. The van der Waals surface area contributed by atoms with Gasteiger partial charge in [-0.1, -0.05) is 36.8 Å². The van der Waals surface area contributed by atoms with Crippen LogP contribution in [0.15, 0.2) is 42.9 Å². The minimum atomic E-state index is 0.216. The van der Waals surface area contributed by atoms with Gasteiger partial charge in [-0.2, -0.15) is 0 Å². The Labute approximate surface area is 106 Å². The molecular formula is C15H16N2O. The summed E-state index contributed by atoms with van der Waals surface area (Å²) >= 11 is 0. The number of hydrogen-bond donors (Lipinski definition) is 0. The summed E-state index contributed by atoms with van der Waals surface area (Å²) in [6.07, 6.45) is 6.86. The van der Waals surface area contributed by atoms with Crippen LogP contribution < -0.4 is 0 Å². The normalized spacial score (nSPS) is 15.3. The van der Waals surface area contributed by atoms with Crippen molar-refractivity contribution in [2.24, 2.45) is 5.92 Å². The monoisotopic (exact) mass is 240 g/mol. The molecule has 1 aromatic heterocycles. The number of imidazole rings is 1. The first-order chi connectivity index (χ1) is 8.83. The van der Waals surface area contributed by atoms with Crippen molar-refractivity contribution in [3.05, 3.63) is 54.1 Å². The number of benzene rings is 1. The molecule has 3 nitrogen and oxygen atoms in total. The lowest BCUT2D eigenvalue weighted by Crippen LogP contribution is -2.22. The zero-order chi connectivity index (χ0) is 12.4. The first kappa shape index (κ1) is 11.2. The van der Waals surface area contributed by atoms with E-state index in [-0.39, 0.29) is 11.7 Å². The van der Waals surface area contributed by atoms with Gasteiger partial charge in [-0.05, 0) is 18.4 Å². The maximum atomic E-state index is 12.0. The minimum absolute atomic E-state index is 0.216. The van der Waals surface area contributed by atoms with Crippen LogP contribution >= 0.6 is 0 Å². The smallest absolute Gasteiger partial charge is 0.185 e. The van der Waals surface area contributed by atoms with E-state index < -0.39 is 0 Å². The highest BCUT2D eigenvalue weighted by molar-refractivity contribution is 5.96. The summed E-state index contributed by atoms with van der Waals surface area (Å²) in [5.74, 6) is 0.443. The van der Waals surface area contributed by atoms with E-state index in [0.29, 0.717) is 5.69 Å². The average Bonchev–Trinajstić information content (AvgIpc) is 2.76. The molecule has 0 N–H and O–H groups in total. The molecule has 1 heterocycles. The Hall–Kier alpha value is -1.90. The second-order valence-electron chi connectivity index (χ2n) is 4.91. The molecule has 1 fully saturated rings. The standard InChI is InChI=1S/C15H16N2O/c18-15(13-7-4-8-13)14-10-17(11-16-14)9-12-5-2-1-3-6-12/h1-3,5-6,10-11,13H,4,7-9H2. The molecule has 0 saturated heterocycles. The lowest BCUT2D eigenvalue weighted by atomic mass is 9.81. The van der Waals surface area contributed by atoms with Crippen LogP contribution in [0.5, 0.6) is 0 Å². The molecule has 2 aromatic rings. The van der Waals surface area contributed by atoms with E-state index in [0.717, 1.165) is 19.4 Å². The molecule has 0 amide bonds. The molecule has 3 rings (SSSR count). The van der Waals surface area contributed by atoms with Gasteiger partial charge < -0.3 is 4.57 Å². The Bertz CT molecular complexity index is 541. The lowest BCUT2D eigenvalue weighted by molar-refractivity contribution is 0.0850. The van der Waals surface area contributed by atoms with Crippen LogP contribution in [0, 0.1) is 5.92 Å². The summed E-state index contributed by atoms with van der Waals surface area (Å²) < 4.78 is 1.97. The molecule has 0 unspecified atom stereocenters. The Morgan fingerprint density at radius 2 is 2.06 bits per heavy atom. The highest BCUT2D eigenvalue weighted by Gasteiger charge is 2.27. The molecule has 0 atom stereocenters. The van der Waals surface area contributed by atoms with E-state index >= 15 is 0 Å². The molecule has 1 aliphatic carbocycles. The van der Waals surface area contributed by atoms with E-state index in [1.807, 2.05) is 29.0 Å². The van der Waals surface area contributed by atoms with Crippen LogP contribution in [0.3, 0.4) is 0 Å². The van der Waals surface area contributed by atoms with Crippen molar-refractivity contribution < 1.29 is 4.79 Å². The van der Waals surface area contributed by atoms with Gasteiger partial charge in [-0.3, -0.25) is 4.79 Å². The predicted molar refractivity (Wildman–Crippen MR) is 69.4 cm³/mol. The Kier molecular flexibility index (Phi) is 2.97. The zero-order valence-electron chi connectivity index (χ0n) is 10.2. The number of carbonyl (C=O) groups excluding carboxylic acids is 1. The fourth-order valence-electron chi connectivity index (χ4n) is 2.25. The number of Topliss-reactive ketones (excluding diaryl/α,β-unsaturated/α-hetero) is 1. The van der Waals surface area contributed by atoms with Crippen LogP contribution in [0.2, 0.25) is 0 Å². The molecule has 0 bridgehead atoms. The number of hydrogen-bond acceptors (Lipinski definition) is 2. The Morgan fingerprint density at radius 1 is 1.28 bits per heavy atom. The Balaban J connectivity index is 1.71. The van der Waals surface area contributed by atoms with Gasteiger partial charge in [-0.25, -0.2) is 4.98 Å². The van der Waals surface area contributed by atoms with Gasteiger partial charge in [0.15, 0.2) is 5.78 Å². The van der Waals surface area contributed by atoms with Crippen LogP contribution in [0.1, 0.15) is 35.3 Å². The topological polar surface area (TPSA) is 34.9 Å². The van der Waals surface area contributed by atoms with Crippen molar-refractivity contribution >= 4 is 5.78 Å². The number of rotatable bonds is 4. The van der Waals surface area contributed by atoms with Crippen LogP contribution in [0.25, 0.3) is 0 Å². The maximum Gasteiger partial charge on any atom is 0.185 e. The van der Waals surface area contributed by atoms with Gasteiger partial charge in [-0.15, -0.1) is 0 Å². The summed E-state index contributed by atoms with van der Waals surface area (Å²) in [7, 11) is 0. The van der Waals surface area contributed by atoms with Gasteiger partial charge in [0.2, 0.25) is 0 Å². The number of nitrogens with zero attached hydrogens (tertiary/aromatic N) is 2. The third-order valence-corrected chi connectivity index (χ3v) is 3.57. The van der Waals surface area contributed by atoms with Crippen molar-refractivity contribution in [1.82, 2.24) is 9.55 Å². The van der Waals surface area contributed by atoms with E-state index in [4.69, 9.17) is 0 Å². The molecule has 92 valence electrons. The molecule has 0 aliphatic heterocycles. The number of carbonyl (C=O) groups is 1. The highest BCUT2D eigenvalue weighted by Crippen LogP contribution is 2.29. The van der Waals surface area contributed by atoms with Gasteiger partial charge in [0.05, 0.1) is 6.33 Å². The van der Waals surface area contributed by atoms with E-state index in [1.54, 1.807) is 6.33 Å². The molecule has 1 aromatic carbocycles. The van der Waals surface area contributed by atoms with Gasteiger partial charge in [0, 0.05) is 18.7 Å². The highest BCUT2D eigenvalue weighted by atomic mass is 16.1. The van der Waals surface area contributed by atoms with Crippen molar-refractivity contribution in [2.75, 3.05) is 0 Å². The number of ketones is 1. The quantitative estimate of drug-likeness (QED) is 0.770. The summed E-state index contributed by atoms with van der Waals surface area (Å²) in [4.78, 5) is 16.2. The van der Waals surface area contributed by atoms with Crippen molar-refractivity contribution in [3.63, 3.8) is 0 Å². The molecule has 0 spiro atoms. The van der Waals surface area contributed by atoms with Gasteiger partial charge in [0.1, 0.15) is 5.69 Å². The molecule has 3 heteroatoms. The maximum absolute atomic E-state index is 12.0. The Morgan fingerprint density at radius 3 is 2.72 bits per heavy atom. The minimum Gasteiger partial charge on any atom is -0.332 e. The second-order valence-corrected chi connectivity index (χ2v) is 4.91. The van der Waals surface area contributed by atoms with Crippen molar-refractivity contribution in [1.29, 1.82) is 0 Å². The predicted octanol–water partition coefficient (Wildman–Crippen LogP) is 2.91. The number of aromatic nitrogens is 2. The van der Waals surface area contributed by atoms with Crippen molar-refractivity contribution in [3.8, 4) is 0 Å². The van der Waals surface area contributed by atoms with E-state index in [9.17, 15) is 4.79 Å². The third kappa shape index (κ3) is 2.21. The van der Waals surface area contributed by atoms with Crippen molar-refractivity contribution in [2.45, 2.75) is 25.8 Å². The average molecular weight is 240 g/mol. The second kappa shape index (κ2) is 4.77. The molecule has 1 saturated carbocycles. The molecule has 18 heavy (non-hydrogen) atoms. The van der Waals surface area contributed by atoms with Gasteiger partial charge in [0.25, 0.3) is 0 Å².